The molecule has 2 aliphatic heterocycles. The van der Waals surface area contributed by atoms with Crippen molar-refractivity contribution in [2.75, 3.05) is 20.3 Å². The van der Waals surface area contributed by atoms with Crippen molar-refractivity contribution in [3.8, 4) is 0 Å². The molecule has 2 saturated heterocycles. The molecule has 2 heterocycles. The first-order chi connectivity index (χ1) is 29.4. The molecule has 70 heavy (non-hydrogen) atoms. The van der Waals surface area contributed by atoms with E-state index in [1.807, 2.05) is 41.5 Å². The van der Waals surface area contributed by atoms with Gasteiger partial charge in [0.05, 0.1) is 90.3 Å². The Bertz CT molecular complexity index is 2030. The Morgan fingerprint density at radius 3 is 1.30 bits per heavy atom. The van der Waals surface area contributed by atoms with Crippen molar-refractivity contribution in [2.24, 2.45) is 45.3 Å². The predicted molar refractivity (Wildman–Crippen MR) is 242 cm³/mol. The van der Waals surface area contributed by atoms with Gasteiger partial charge in [0.2, 0.25) is 0 Å². The maximum Gasteiger partial charge on any atom is 0.174 e. The summed E-state index contributed by atoms with van der Waals surface area (Å²) in [5.74, 6) is -3.04. The molecule has 0 aromatic heterocycles. The van der Waals surface area contributed by atoms with Crippen LogP contribution in [0.15, 0.2) is 34.6 Å². The van der Waals surface area contributed by atoms with Crippen molar-refractivity contribution < 1.29 is 256 Å². The minimum absolute atomic E-state index is 0. The van der Waals surface area contributed by atoms with Crippen molar-refractivity contribution >= 4 is 11.6 Å². The summed E-state index contributed by atoms with van der Waals surface area (Å²) in [6.07, 6.45) is -7.43. The number of aliphatic hydroxyl groups excluding tert-OH is 5. The molecular weight excluding hydrogens is 1760 g/mol. The van der Waals surface area contributed by atoms with E-state index in [-0.39, 0.29) is 214 Å². The number of Topliss-reactive ketones (excluding diaryl/α,β-unsaturated/α-hetero) is 2. The van der Waals surface area contributed by atoms with Gasteiger partial charge in [0.1, 0.15) is 23.4 Å². The summed E-state index contributed by atoms with van der Waals surface area (Å²) >= 11 is 0. The molecule has 8 aliphatic rings. The Balaban J connectivity index is 0.000000602. The Kier molecular flexibility index (Phi) is 24.5. The third-order valence-corrected chi connectivity index (χ3v) is 18.6. The van der Waals surface area contributed by atoms with Crippen LogP contribution in [-0.2, 0) is 28.5 Å². The number of hydrogen-bond acceptors (Lipinski definition) is 15. The third kappa shape index (κ3) is 10.7. The zero-order valence-corrected chi connectivity index (χ0v) is 63.1. The van der Waals surface area contributed by atoms with Crippen molar-refractivity contribution in [3.63, 3.8) is 0 Å². The van der Waals surface area contributed by atoms with Crippen LogP contribution in [0.3, 0.4) is 0 Å². The van der Waals surface area contributed by atoms with E-state index in [1.165, 1.54) is 0 Å². The topological polar surface area (TPSA) is 285 Å². The van der Waals surface area contributed by atoms with E-state index in [1.54, 1.807) is 62.5 Å². The SMILES string of the molecule is C=C(C)OC.CC1=C2C(O)C(=O)[C@]3(C)C(O)CC4OC[C@@]4(O)C3C(C)C(O)(CC1O)C2(C)C.CC1=C2C(O)C(=O)[C@]3(C)C(OC(C)(C)C)CC4OC[C@@]4(O)C3C(C)C(O)(CC1O)C2(C)C.O.[Ac].[Ac].[Ac].[Ac]. The molecule has 390 valence electrons. The van der Waals surface area contributed by atoms with Gasteiger partial charge in [-0.1, -0.05) is 48.1 Å². The molecule has 4 bridgehead atoms. The molecule has 4 radical (unpaired) electrons. The van der Waals surface area contributed by atoms with Gasteiger partial charge in [-0.3, -0.25) is 9.59 Å². The van der Waals surface area contributed by atoms with Crippen LogP contribution in [0.4, 0.5) is 0 Å². The number of carbonyl (C=O) groups excluding carboxylic acids is 2. The summed E-state index contributed by atoms with van der Waals surface area (Å²) in [5, 5.41) is 102. The molecule has 4 saturated carbocycles. The first-order valence-corrected chi connectivity index (χ1v) is 23.4. The number of rotatable bonds is 2. The van der Waals surface area contributed by atoms with Crippen LogP contribution in [0.2, 0.25) is 0 Å². The van der Waals surface area contributed by atoms with Gasteiger partial charge < -0.3 is 70.4 Å². The Labute approximate surface area is 558 Å². The number of fused-ring (bicyclic) bond motifs is 10. The fraction of sp³-hybridized carbons (Fsp3) is 0.840. The first-order valence-electron chi connectivity index (χ1n) is 23.4. The molecule has 6 aliphatic carbocycles. The molecule has 6 fully saturated rings. The molecule has 20 heteroatoms. The van der Waals surface area contributed by atoms with Crippen LogP contribution in [0, 0.1) is 222 Å². The summed E-state index contributed by atoms with van der Waals surface area (Å²) in [6.45, 7) is 28.6. The van der Waals surface area contributed by atoms with Crippen LogP contribution in [0.5, 0.6) is 0 Å². The summed E-state index contributed by atoms with van der Waals surface area (Å²) in [6, 6.07) is 0. The monoisotopic (exact) mass is 1850 g/mol. The zero-order chi connectivity index (χ0) is 49.5. The fourth-order valence-electron chi connectivity index (χ4n) is 14.6. The van der Waals surface area contributed by atoms with E-state index in [2.05, 4.69) is 11.3 Å². The van der Waals surface area contributed by atoms with E-state index in [4.69, 9.17) is 14.2 Å². The number of carbonyl (C=O) groups is 2. The van der Waals surface area contributed by atoms with Crippen LogP contribution in [0.1, 0.15) is 123 Å². The van der Waals surface area contributed by atoms with Crippen molar-refractivity contribution in [3.05, 3.63) is 34.6 Å². The molecule has 0 amide bonds. The van der Waals surface area contributed by atoms with Crippen LogP contribution >= 0.6 is 0 Å². The smallest absolute Gasteiger partial charge is 0.174 e. The minimum atomic E-state index is -1.58. The number of allylic oxidation sites excluding steroid dienone is 1. The molecule has 8 rings (SSSR count). The van der Waals surface area contributed by atoms with Gasteiger partial charge in [-0.05, 0) is 89.5 Å². The second-order valence-corrected chi connectivity index (χ2v) is 23.6. The molecule has 14 unspecified atom stereocenters. The Morgan fingerprint density at radius 1 is 0.657 bits per heavy atom. The van der Waals surface area contributed by atoms with Crippen LogP contribution < -0.4 is 0 Å². The zero-order valence-electron chi connectivity index (χ0n) is 44.2. The quantitative estimate of drug-likeness (QED) is 0.141. The summed E-state index contributed by atoms with van der Waals surface area (Å²) < 4.78 is 22.2. The van der Waals surface area contributed by atoms with Crippen LogP contribution in [-0.4, -0.2) is 160 Å². The maximum absolute atomic E-state index is 14.2. The largest absolute Gasteiger partial charge is 0.502 e. The van der Waals surface area contributed by atoms with E-state index in [0.717, 1.165) is 5.76 Å². The van der Waals surface area contributed by atoms with Crippen molar-refractivity contribution in [1.82, 2.24) is 0 Å². The van der Waals surface area contributed by atoms with E-state index < -0.39 is 134 Å². The number of methoxy groups -OCH3 is 1. The molecule has 11 N–H and O–H groups in total. The van der Waals surface area contributed by atoms with Gasteiger partial charge in [0.25, 0.3) is 0 Å². The summed E-state index contributed by atoms with van der Waals surface area (Å²) in [7, 11) is 1.60. The number of ketones is 2. The van der Waals surface area contributed by atoms with Gasteiger partial charge in [-0.2, -0.15) is 0 Å². The number of aliphatic hydroxyl groups is 9. The van der Waals surface area contributed by atoms with Gasteiger partial charge in [0, 0.05) is 225 Å². The van der Waals surface area contributed by atoms with Crippen molar-refractivity contribution in [1.29, 1.82) is 0 Å². The molecule has 0 spiro atoms. The van der Waals surface area contributed by atoms with Gasteiger partial charge in [-0.15, -0.1) is 0 Å². The minimum Gasteiger partial charge on any atom is -0.502 e. The molecule has 0 aromatic carbocycles. The van der Waals surface area contributed by atoms with Crippen molar-refractivity contribution in [2.45, 2.75) is 199 Å². The average Bonchev–Trinajstić information content (AvgIpc) is 3.19. The predicted octanol–water partition coefficient (Wildman–Crippen LogP) is 2.01. The van der Waals surface area contributed by atoms with E-state index in [9.17, 15) is 55.5 Å². The normalized spacial score (nSPS) is 45.9. The summed E-state index contributed by atoms with van der Waals surface area (Å²) in [4.78, 5) is 27.8. The van der Waals surface area contributed by atoms with Gasteiger partial charge in [0.15, 0.2) is 11.6 Å². The second kappa shape index (κ2) is 24.0. The molecule has 18 atom stereocenters. The fourth-order valence-corrected chi connectivity index (χ4v) is 14.6. The summed E-state index contributed by atoms with van der Waals surface area (Å²) in [5.41, 5.74) is -9.24. The van der Waals surface area contributed by atoms with Crippen LogP contribution in [0.25, 0.3) is 0 Å². The molecular formula is C50H82Ac4O16. The Morgan fingerprint density at radius 2 is 0.986 bits per heavy atom. The third-order valence-electron chi connectivity index (χ3n) is 18.6. The number of hydrogen-bond donors (Lipinski definition) is 9. The number of ether oxygens (including phenoxy) is 4. The maximum atomic E-state index is 14.2. The van der Waals surface area contributed by atoms with Gasteiger partial charge >= 0.3 is 0 Å². The molecule has 16 nitrogen and oxygen atoms in total. The first kappa shape index (κ1) is 71.6. The molecule has 0 aromatic rings. The van der Waals surface area contributed by atoms with Gasteiger partial charge in [-0.25, -0.2) is 0 Å². The Hall–Kier alpha value is 3.61. The standard InChI is InChI=1S/C25H40O7.C21H32O7.C4H8O.4Ac.H2O/c1-12-14(26)10-25(30)13(2)19-23(8,20(28)18(27)17(12)22(25,6)7)15(32-21(3,4)5)9-16-24(19,29)11-31-16;1-9-11(22)7-21(27)10(2)16-19(5,12(23)6-13-20(16,26)8-28-13)17(25)15(24)14(9)18(21,3)4;1-4(2)5-3;;;;;/h13-16,18-19,26-27,29-30H,9-11H2,1-8H3;10-13,15-16,22-24,26-27H,6-8H2,1-5H3;1H2,2-3H3;;;;;1H2/t13?,14?,15?,16?,18?,19?,23-,24+,25?;10?,11?,12?,13?,15?,16?,19-,20+,21?;;;;;;/m11....../s1. The van der Waals surface area contributed by atoms with E-state index >= 15 is 0 Å². The second-order valence-electron chi connectivity index (χ2n) is 23.6. The average molecular weight is 1850 g/mol. The van der Waals surface area contributed by atoms with E-state index in [0.29, 0.717) is 28.7 Å².